The Labute approximate surface area is 123 Å². The highest BCUT2D eigenvalue weighted by molar-refractivity contribution is 4.86. The van der Waals surface area contributed by atoms with Gasteiger partial charge in [-0.15, -0.1) is 0 Å². The molecule has 0 saturated heterocycles. The summed E-state index contributed by atoms with van der Waals surface area (Å²) in [5.41, 5.74) is 0.289. The molecule has 0 aromatic heterocycles. The molecule has 2 atom stereocenters. The van der Waals surface area contributed by atoms with Gasteiger partial charge in [0.15, 0.2) is 0 Å². The zero-order valence-electron chi connectivity index (χ0n) is 15.2. The number of rotatable bonds is 8. The van der Waals surface area contributed by atoms with Gasteiger partial charge in [-0.2, -0.15) is 0 Å². The first-order valence-electron chi connectivity index (χ1n) is 8.22. The fourth-order valence-electron chi connectivity index (χ4n) is 3.49. The Balaban J connectivity index is 4.75. The highest BCUT2D eigenvalue weighted by Gasteiger charge is 2.31. The standard InChI is InChI=1S/C18H39N/c1-13(2)11-17(14(3)4)16(7)12-18(8,9)19(10)15(5)6/h13-17H,11-12H2,1-10H3. The highest BCUT2D eigenvalue weighted by Crippen LogP contribution is 2.34. The Morgan fingerprint density at radius 3 is 1.68 bits per heavy atom. The summed E-state index contributed by atoms with van der Waals surface area (Å²) in [6, 6.07) is 0.616. The second-order valence-corrected chi connectivity index (χ2v) is 8.24. The third-order valence-electron chi connectivity index (χ3n) is 4.88. The summed E-state index contributed by atoms with van der Waals surface area (Å²) < 4.78 is 0. The van der Waals surface area contributed by atoms with Crippen molar-refractivity contribution >= 4 is 0 Å². The summed E-state index contributed by atoms with van der Waals surface area (Å²) >= 11 is 0. The van der Waals surface area contributed by atoms with Crippen LogP contribution in [0.4, 0.5) is 0 Å². The predicted molar refractivity (Wildman–Crippen MR) is 88.5 cm³/mol. The summed E-state index contributed by atoms with van der Waals surface area (Å²) in [6.45, 7) is 21.3. The van der Waals surface area contributed by atoms with Crippen LogP contribution in [0, 0.1) is 23.7 Å². The average Bonchev–Trinajstić information content (AvgIpc) is 2.23. The SMILES string of the molecule is CC(C)CC(C(C)C)C(C)CC(C)(C)N(C)C(C)C. The maximum atomic E-state index is 2.52. The Bertz CT molecular complexity index is 240. The van der Waals surface area contributed by atoms with Crippen LogP contribution in [-0.4, -0.2) is 23.5 Å². The van der Waals surface area contributed by atoms with E-state index in [2.05, 4.69) is 74.3 Å². The molecule has 0 radical (unpaired) electrons. The summed E-state index contributed by atoms with van der Waals surface area (Å²) in [4.78, 5) is 2.52. The van der Waals surface area contributed by atoms with Crippen LogP contribution < -0.4 is 0 Å². The summed E-state index contributed by atoms with van der Waals surface area (Å²) in [7, 11) is 2.27. The number of hydrogen-bond donors (Lipinski definition) is 0. The van der Waals surface area contributed by atoms with E-state index < -0.39 is 0 Å². The first-order valence-corrected chi connectivity index (χ1v) is 8.22. The van der Waals surface area contributed by atoms with Crippen LogP contribution in [0.3, 0.4) is 0 Å². The van der Waals surface area contributed by atoms with Crippen molar-refractivity contribution in [2.75, 3.05) is 7.05 Å². The molecule has 0 spiro atoms. The number of hydrogen-bond acceptors (Lipinski definition) is 1. The molecule has 0 heterocycles. The lowest BCUT2D eigenvalue weighted by atomic mass is 9.74. The van der Waals surface area contributed by atoms with Crippen LogP contribution in [0.25, 0.3) is 0 Å². The van der Waals surface area contributed by atoms with Crippen molar-refractivity contribution in [2.24, 2.45) is 23.7 Å². The molecule has 0 aliphatic carbocycles. The maximum absolute atomic E-state index is 2.52. The summed E-state index contributed by atoms with van der Waals surface area (Å²) in [5, 5.41) is 0. The van der Waals surface area contributed by atoms with Gasteiger partial charge in [0.05, 0.1) is 0 Å². The van der Waals surface area contributed by atoms with E-state index in [9.17, 15) is 0 Å². The van der Waals surface area contributed by atoms with Gasteiger partial charge in [0.1, 0.15) is 0 Å². The minimum absolute atomic E-state index is 0.289. The zero-order chi connectivity index (χ0) is 15.4. The van der Waals surface area contributed by atoms with Crippen molar-refractivity contribution < 1.29 is 0 Å². The molecule has 0 amide bonds. The molecule has 1 heteroatoms. The van der Waals surface area contributed by atoms with E-state index in [1.54, 1.807) is 0 Å². The Hall–Kier alpha value is -0.0400. The molecule has 19 heavy (non-hydrogen) atoms. The third kappa shape index (κ3) is 6.29. The quantitative estimate of drug-likeness (QED) is 0.566. The van der Waals surface area contributed by atoms with E-state index in [4.69, 9.17) is 0 Å². The van der Waals surface area contributed by atoms with Gasteiger partial charge in [-0.05, 0) is 71.3 Å². The first-order chi connectivity index (χ1) is 8.49. The monoisotopic (exact) mass is 269 g/mol. The largest absolute Gasteiger partial charge is 0.299 e. The molecule has 0 aromatic carbocycles. The van der Waals surface area contributed by atoms with Crippen LogP contribution in [-0.2, 0) is 0 Å². The van der Waals surface area contributed by atoms with E-state index in [0.717, 1.165) is 23.7 Å². The van der Waals surface area contributed by atoms with Gasteiger partial charge in [-0.25, -0.2) is 0 Å². The van der Waals surface area contributed by atoms with Crippen LogP contribution in [0.5, 0.6) is 0 Å². The van der Waals surface area contributed by atoms with E-state index >= 15 is 0 Å². The molecule has 0 aromatic rings. The molecular formula is C18H39N. The Kier molecular flexibility index (Phi) is 7.65. The molecule has 0 bridgehead atoms. The van der Waals surface area contributed by atoms with Crippen LogP contribution in [0.15, 0.2) is 0 Å². The lowest BCUT2D eigenvalue weighted by Gasteiger charge is -2.42. The Morgan fingerprint density at radius 1 is 0.895 bits per heavy atom. The van der Waals surface area contributed by atoms with Crippen molar-refractivity contribution in [3.8, 4) is 0 Å². The van der Waals surface area contributed by atoms with Crippen molar-refractivity contribution in [2.45, 2.75) is 86.7 Å². The number of nitrogens with zero attached hydrogens (tertiary/aromatic N) is 1. The topological polar surface area (TPSA) is 3.24 Å². The normalized spacial score (nSPS) is 16.7. The minimum Gasteiger partial charge on any atom is -0.299 e. The molecule has 0 aliphatic heterocycles. The molecule has 0 saturated carbocycles. The van der Waals surface area contributed by atoms with Gasteiger partial charge in [0, 0.05) is 11.6 Å². The van der Waals surface area contributed by atoms with Crippen LogP contribution >= 0.6 is 0 Å². The lowest BCUT2D eigenvalue weighted by Crippen LogP contribution is -2.47. The maximum Gasteiger partial charge on any atom is 0.0155 e. The van der Waals surface area contributed by atoms with Gasteiger partial charge < -0.3 is 0 Å². The second kappa shape index (κ2) is 7.67. The van der Waals surface area contributed by atoms with Gasteiger partial charge in [-0.3, -0.25) is 4.90 Å². The van der Waals surface area contributed by atoms with E-state index in [1.807, 2.05) is 0 Å². The van der Waals surface area contributed by atoms with E-state index in [0.29, 0.717) is 6.04 Å². The zero-order valence-corrected chi connectivity index (χ0v) is 15.2. The van der Waals surface area contributed by atoms with E-state index in [1.165, 1.54) is 12.8 Å². The Morgan fingerprint density at radius 2 is 1.37 bits per heavy atom. The smallest absolute Gasteiger partial charge is 0.0155 e. The molecule has 0 N–H and O–H groups in total. The molecule has 0 rings (SSSR count). The fraction of sp³-hybridized carbons (Fsp3) is 1.00. The third-order valence-corrected chi connectivity index (χ3v) is 4.88. The van der Waals surface area contributed by atoms with E-state index in [-0.39, 0.29) is 5.54 Å². The van der Waals surface area contributed by atoms with Crippen LogP contribution in [0.2, 0.25) is 0 Å². The molecular weight excluding hydrogens is 230 g/mol. The van der Waals surface area contributed by atoms with Gasteiger partial charge in [0.25, 0.3) is 0 Å². The van der Waals surface area contributed by atoms with Gasteiger partial charge in [0.2, 0.25) is 0 Å². The first kappa shape index (κ1) is 19.0. The fourth-order valence-corrected chi connectivity index (χ4v) is 3.49. The van der Waals surface area contributed by atoms with Gasteiger partial charge in [-0.1, -0.05) is 34.6 Å². The molecule has 2 unspecified atom stereocenters. The summed E-state index contributed by atoms with van der Waals surface area (Å²) in [5.74, 6) is 3.23. The second-order valence-electron chi connectivity index (χ2n) is 8.24. The molecule has 1 nitrogen and oxygen atoms in total. The van der Waals surface area contributed by atoms with Crippen molar-refractivity contribution in [1.82, 2.24) is 4.90 Å². The average molecular weight is 270 g/mol. The molecule has 116 valence electrons. The van der Waals surface area contributed by atoms with Crippen LogP contribution in [0.1, 0.15) is 75.2 Å². The predicted octanol–water partition coefficient (Wildman–Crippen LogP) is 5.45. The molecule has 0 fully saturated rings. The lowest BCUT2D eigenvalue weighted by molar-refractivity contribution is 0.0724. The minimum atomic E-state index is 0.289. The van der Waals surface area contributed by atoms with Crippen molar-refractivity contribution in [1.29, 1.82) is 0 Å². The van der Waals surface area contributed by atoms with Crippen molar-refractivity contribution in [3.05, 3.63) is 0 Å². The molecule has 0 aliphatic rings. The summed E-state index contributed by atoms with van der Waals surface area (Å²) in [6.07, 6.45) is 2.65. The highest BCUT2D eigenvalue weighted by atomic mass is 15.2. The van der Waals surface area contributed by atoms with Crippen molar-refractivity contribution in [3.63, 3.8) is 0 Å². The van der Waals surface area contributed by atoms with Gasteiger partial charge >= 0.3 is 0 Å².